The summed E-state index contributed by atoms with van der Waals surface area (Å²) in [6, 6.07) is -0.447. The van der Waals surface area contributed by atoms with Crippen LogP contribution in [0.1, 0.15) is 12.8 Å². The molecule has 5 heteroatoms. The van der Waals surface area contributed by atoms with Gasteiger partial charge in [-0.3, -0.25) is 4.79 Å². The van der Waals surface area contributed by atoms with Crippen LogP contribution in [0, 0.1) is 0 Å². The molecule has 1 heterocycles. The summed E-state index contributed by atoms with van der Waals surface area (Å²) >= 11 is 1.16. The number of carbonyl (C=O) groups excluding carboxylic acids is 2. The zero-order chi connectivity index (χ0) is 12.7. The zero-order valence-corrected chi connectivity index (χ0v) is 10.6. The van der Waals surface area contributed by atoms with Crippen molar-refractivity contribution in [2.45, 2.75) is 18.9 Å². The highest BCUT2D eigenvalue weighted by molar-refractivity contribution is 8.13. The summed E-state index contributed by atoms with van der Waals surface area (Å²) in [4.78, 5) is 24.9. The highest BCUT2D eigenvalue weighted by Crippen LogP contribution is 2.24. The molecule has 4 nitrogen and oxygen atoms in total. The van der Waals surface area contributed by atoms with Gasteiger partial charge in [0.2, 0.25) is 0 Å². The Morgan fingerprint density at radius 2 is 2.18 bits per heavy atom. The fourth-order valence-corrected chi connectivity index (χ4v) is 2.46. The second kappa shape index (κ2) is 7.17. The molecule has 94 valence electrons. The Bertz CT molecular complexity index is 317. The van der Waals surface area contributed by atoms with Gasteiger partial charge < -0.3 is 9.64 Å². The first-order valence-electron chi connectivity index (χ1n) is 5.52. The molecule has 1 saturated heterocycles. The molecule has 1 aliphatic rings. The summed E-state index contributed by atoms with van der Waals surface area (Å²) in [5.74, 6) is 0.150. The lowest BCUT2D eigenvalue weighted by Gasteiger charge is -2.21. The maximum Gasteiger partial charge on any atom is 0.329 e. The van der Waals surface area contributed by atoms with E-state index in [-0.39, 0.29) is 11.2 Å². The fraction of sp³-hybridized carbons (Fsp3) is 0.500. The van der Waals surface area contributed by atoms with Crippen molar-refractivity contribution in [3.63, 3.8) is 0 Å². The lowest BCUT2D eigenvalue weighted by molar-refractivity contribution is -0.147. The van der Waals surface area contributed by atoms with Crippen LogP contribution in [0.5, 0.6) is 0 Å². The van der Waals surface area contributed by atoms with E-state index in [9.17, 15) is 9.59 Å². The minimum Gasteiger partial charge on any atom is -0.464 e. The second-order valence-corrected chi connectivity index (χ2v) is 4.58. The molecule has 1 rings (SSSR count). The molecule has 1 aliphatic heterocycles. The van der Waals surface area contributed by atoms with Crippen LogP contribution in [0.15, 0.2) is 25.3 Å². The largest absolute Gasteiger partial charge is 0.464 e. The molecular formula is C12H17NO3S. The van der Waals surface area contributed by atoms with E-state index >= 15 is 0 Å². The van der Waals surface area contributed by atoms with E-state index in [0.717, 1.165) is 11.8 Å². The smallest absolute Gasteiger partial charge is 0.329 e. The van der Waals surface area contributed by atoms with E-state index < -0.39 is 6.04 Å². The van der Waals surface area contributed by atoms with Gasteiger partial charge >= 0.3 is 5.97 Å². The van der Waals surface area contributed by atoms with Gasteiger partial charge in [-0.05, 0) is 12.8 Å². The van der Waals surface area contributed by atoms with Gasteiger partial charge in [-0.25, -0.2) is 4.79 Å². The lowest BCUT2D eigenvalue weighted by Crippen LogP contribution is -2.41. The molecule has 0 spiro atoms. The summed E-state index contributed by atoms with van der Waals surface area (Å²) in [5.41, 5.74) is 0. The fourth-order valence-electron chi connectivity index (χ4n) is 1.46. The Morgan fingerprint density at radius 1 is 1.47 bits per heavy atom. The third-order valence-electron chi connectivity index (χ3n) is 2.39. The molecule has 1 fully saturated rings. The van der Waals surface area contributed by atoms with Gasteiger partial charge in [-0.15, -0.1) is 13.2 Å². The predicted molar refractivity (Wildman–Crippen MR) is 68.9 cm³/mol. The Labute approximate surface area is 106 Å². The van der Waals surface area contributed by atoms with Crippen molar-refractivity contribution in [2.24, 2.45) is 0 Å². The molecule has 17 heavy (non-hydrogen) atoms. The Hall–Kier alpha value is -1.23. The van der Waals surface area contributed by atoms with E-state index in [1.54, 1.807) is 17.1 Å². The van der Waals surface area contributed by atoms with Crippen LogP contribution in [0.3, 0.4) is 0 Å². The molecule has 0 aliphatic carbocycles. The van der Waals surface area contributed by atoms with Crippen molar-refractivity contribution in [3.05, 3.63) is 25.3 Å². The normalized spacial score (nSPS) is 19.2. The number of hydrogen-bond acceptors (Lipinski definition) is 4. The van der Waals surface area contributed by atoms with E-state index in [4.69, 9.17) is 4.74 Å². The van der Waals surface area contributed by atoms with Crippen LogP contribution in [-0.2, 0) is 9.53 Å². The van der Waals surface area contributed by atoms with Gasteiger partial charge in [0, 0.05) is 12.3 Å². The molecule has 0 unspecified atom stereocenters. The van der Waals surface area contributed by atoms with Crippen molar-refractivity contribution < 1.29 is 14.3 Å². The molecule has 1 amide bonds. The second-order valence-electron chi connectivity index (χ2n) is 3.61. The summed E-state index contributed by atoms with van der Waals surface area (Å²) in [7, 11) is 0. The summed E-state index contributed by atoms with van der Waals surface area (Å²) in [6.07, 6.45) is 4.74. The van der Waals surface area contributed by atoms with Gasteiger partial charge in [0.1, 0.15) is 6.04 Å². The average Bonchev–Trinajstić information content (AvgIpc) is 2.68. The topological polar surface area (TPSA) is 46.6 Å². The number of hydrogen-bond donors (Lipinski definition) is 0. The molecule has 0 aromatic rings. The maximum atomic E-state index is 11.7. The minimum absolute atomic E-state index is 0.0579. The quantitative estimate of drug-likeness (QED) is 0.397. The predicted octanol–water partition coefficient (Wildman–Crippen LogP) is 2.22. The molecule has 0 aromatic carbocycles. The molecule has 0 saturated carbocycles. The van der Waals surface area contributed by atoms with E-state index in [1.807, 2.05) is 0 Å². The third kappa shape index (κ3) is 3.93. The number of ether oxygens (including phenoxy) is 1. The van der Waals surface area contributed by atoms with Crippen molar-refractivity contribution in [1.29, 1.82) is 0 Å². The zero-order valence-electron chi connectivity index (χ0n) is 9.76. The highest BCUT2D eigenvalue weighted by Gasteiger charge is 2.37. The summed E-state index contributed by atoms with van der Waals surface area (Å²) < 4.78 is 5.08. The number of rotatable bonds is 7. The average molecular weight is 255 g/mol. The number of nitrogens with zero attached hydrogens (tertiary/aromatic N) is 1. The SMILES string of the molecule is C=CCCOC(=O)[C@@H]1CSC(=O)N1CCC=C. The van der Waals surface area contributed by atoms with Crippen molar-refractivity contribution in [3.8, 4) is 0 Å². The van der Waals surface area contributed by atoms with Gasteiger partial charge in [-0.2, -0.15) is 0 Å². The minimum atomic E-state index is -0.447. The first-order chi connectivity index (χ1) is 8.20. The third-order valence-corrected chi connectivity index (χ3v) is 3.35. The van der Waals surface area contributed by atoms with Crippen molar-refractivity contribution in [1.82, 2.24) is 4.90 Å². The van der Waals surface area contributed by atoms with Crippen LogP contribution in [0.4, 0.5) is 4.79 Å². The summed E-state index contributed by atoms with van der Waals surface area (Å²) in [6.45, 7) is 8.01. The maximum absolute atomic E-state index is 11.7. The summed E-state index contributed by atoms with van der Waals surface area (Å²) in [5, 5.41) is -0.0579. The monoisotopic (exact) mass is 255 g/mol. The number of thioether (sulfide) groups is 1. The molecule has 0 radical (unpaired) electrons. The highest BCUT2D eigenvalue weighted by atomic mass is 32.2. The molecular weight excluding hydrogens is 238 g/mol. The number of amides is 1. The van der Waals surface area contributed by atoms with E-state index in [0.29, 0.717) is 31.7 Å². The first-order valence-corrected chi connectivity index (χ1v) is 6.51. The standard InChI is InChI=1S/C12H17NO3S/c1-3-5-7-13-10(9-17-12(13)15)11(14)16-8-6-4-2/h3-4,10H,1-2,5-9H2/t10-/m0/s1. The molecule has 0 bridgehead atoms. The van der Waals surface area contributed by atoms with Crippen molar-refractivity contribution in [2.75, 3.05) is 18.9 Å². The lowest BCUT2D eigenvalue weighted by atomic mass is 10.2. The van der Waals surface area contributed by atoms with E-state index in [1.165, 1.54) is 0 Å². The Morgan fingerprint density at radius 3 is 2.82 bits per heavy atom. The Balaban J connectivity index is 2.49. The van der Waals surface area contributed by atoms with Crippen LogP contribution in [0.25, 0.3) is 0 Å². The number of esters is 1. The van der Waals surface area contributed by atoms with Gasteiger partial charge in [0.25, 0.3) is 5.24 Å². The molecule has 0 N–H and O–H groups in total. The van der Waals surface area contributed by atoms with Crippen LogP contribution in [-0.4, -0.2) is 41.1 Å². The molecule has 0 aromatic heterocycles. The van der Waals surface area contributed by atoms with Gasteiger partial charge in [0.15, 0.2) is 0 Å². The Kier molecular flexibility index (Phi) is 5.83. The first kappa shape index (κ1) is 13.8. The van der Waals surface area contributed by atoms with Crippen molar-refractivity contribution >= 4 is 23.0 Å². The van der Waals surface area contributed by atoms with Crippen LogP contribution >= 0.6 is 11.8 Å². The van der Waals surface area contributed by atoms with E-state index in [2.05, 4.69) is 13.2 Å². The molecule has 1 atom stereocenters. The van der Waals surface area contributed by atoms with Gasteiger partial charge in [0.05, 0.1) is 6.61 Å². The van der Waals surface area contributed by atoms with Crippen LogP contribution in [0.2, 0.25) is 0 Å². The van der Waals surface area contributed by atoms with Gasteiger partial charge in [-0.1, -0.05) is 23.9 Å². The number of carbonyl (C=O) groups is 2. The van der Waals surface area contributed by atoms with Crippen LogP contribution < -0.4 is 0 Å².